The Morgan fingerprint density at radius 1 is 1.56 bits per heavy atom. The summed E-state index contributed by atoms with van der Waals surface area (Å²) >= 11 is 0. The number of aliphatic carboxylic acids is 1. The highest BCUT2D eigenvalue weighted by atomic mass is 31.2. The minimum atomic E-state index is -4.32. The fourth-order valence-corrected chi connectivity index (χ4v) is 3.61. The van der Waals surface area contributed by atoms with E-state index in [2.05, 4.69) is 9.61 Å². The molecule has 0 saturated carbocycles. The molecule has 14 heteroatoms. The number of ether oxygens (including phenoxy) is 1. The normalized spacial score (nSPS) is 31.4. The molecule has 1 aromatic heterocycles. The molecule has 0 aliphatic carbocycles. The maximum atomic E-state index is 15.0. The zero-order chi connectivity index (χ0) is 20.6. The number of carboxylic acid groups (broad SMARTS) is 1. The molecule has 0 spiro atoms. The molecule has 1 unspecified atom stereocenters. The van der Waals surface area contributed by atoms with Gasteiger partial charge in [-0.3, -0.25) is 23.7 Å². The number of nitrogens with one attached hydrogen (secondary N) is 2. The van der Waals surface area contributed by atoms with Crippen LogP contribution in [0.2, 0.25) is 0 Å². The molecule has 2 rings (SSSR count). The van der Waals surface area contributed by atoms with E-state index in [0.29, 0.717) is 4.57 Å². The monoisotopic (exact) mass is 411 g/mol. The third-order valence-corrected chi connectivity index (χ3v) is 5.56. The third-order valence-electron chi connectivity index (χ3n) is 3.89. The topological polar surface area (TPSA) is 169 Å². The van der Waals surface area contributed by atoms with Crippen LogP contribution in [0.3, 0.4) is 0 Å². The van der Waals surface area contributed by atoms with Gasteiger partial charge in [0.2, 0.25) is 0 Å². The summed E-state index contributed by atoms with van der Waals surface area (Å²) in [4.78, 5) is 35.8. The Hall–Kier alpha value is -1.89. The highest BCUT2D eigenvalue weighted by molar-refractivity contribution is 7.51. The van der Waals surface area contributed by atoms with Gasteiger partial charge in [-0.15, -0.1) is 0 Å². The van der Waals surface area contributed by atoms with E-state index in [-0.39, 0.29) is 0 Å². The average molecular weight is 411 g/mol. The Bertz CT molecular complexity index is 869. The van der Waals surface area contributed by atoms with Crippen molar-refractivity contribution in [3.05, 3.63) is 33.1 Å². The van der Waals surface area contributed by atoms with E-state index < -0.39 is 55.3 Å². The SMILES string of the molecule is COP(=O)(N[C@@H](C)C(=O)O)O[C@H]1O[C@@H](n2ccc(=O)[nH]c2=O)[C@](C)(F)[C@@H]1O. The number of H-pyrrole nitrogens is 1. The second kappa shape index (κ2) is 7.62. The standard InChI is InChI=1S/C13H19FN3O9P/c1-6(9(20)21)16-27(23,24-3)26-10-8(19)13(2,14)11(25-10)17-5-4-7(18)15-12(17)22/h4-6,8,10-11,19H,1-3H3,(H,16,23)(H,20,21)(H,15,18,22)/t6-,8+,10+,11+,13+,27?/m0/s1. The summed E-state index contributed by atoms with van der Waals surface area (Å²) < 4.78 is 43.0. The van der Waals surface area contributed by atoms with E-state index in [1.165, 1.54) is 0 Å². The number of halogens is 1. The first-order valence-corrected chi connectivity index (χ1v) is 9.14. The van der Waals surface area contributed by atoms with Gasteiger partial charge in [0, 0.05) is 19.4 Å². The van der Waals surface area contributed by atoms with Crippen molar-refractivity contribution in [2.24, 2.45) is 0 Å². The van der Waals surface area contributed by atoms with E-state index in [0.717, 1.165) is 33.2 Å². The fourth-order valence-electron chi connectivity index (χ4n) is 2.33. The number of nitrogens with zero attached hydrogens (tertiary/aromatic N) is 1. The van der Waals surface area contributed by atoms with Crippen LogP contribution in [-0.2, 0) is 23.1 Å². The molecule has 1 saturated heterocycles. The van der Waals surface area contributed by atoms with Gasteiger partial charge in [-0.25, -0.2) is 18.8 Å². The predicted molar refractivity (Wildman–Crippen MR) is 86.7 cm³/mol. The highest BCUT2D eigenvalue weighted by Crippen LogP contribution is 2.50. The number of carbonyl (C=O) groups is 1. The number of aliphatic hydroxyl groups excluding tert-OH is 1. The van der Waals surface area contributed by atoms with E-state index >= 15 is 4.39 Å². The van der Waals surface area contributed by atoms with Gasteiger partial charge in [-0.1, -0.05) is 0 Å². The summed E-state index contributed by atoms with van der Waals surface area (Å²) in [6, 6.07) is -0.416. The summed E-state index contributed by atoms with van der Waals surface area (Å²) in [5.74, 6) is -1.36. The first-order chi connectivity index (χ1) is 12.4. The fraction of sp³-hybridized carbons (Fsp3) is 0.615. The molecular weight excluding hydrogens is 392 g/mol. The summed E-state index contributed by atoms with van der Waals surface area (Å²) in [7, 11) is -3.37. The second-order valence-electron chi connectivity index (χ2n) is 5.94. The Balaban J connectivity index is 2.29. The van der Waals surface area contributed by atoms with Crippen LogP contribution in [0.1, 0.15) is 20.1 Å². The largest absolute Gasteiger partial charge is 0.480 e. The zero-order valence-electron chi connectivity index (χ0n) is 14.5. The van der Waals surface area contributed by atoms with Crippen LogP contribution in [0.15, 0.2) is 21.9 Å². The number of alkyl halides is 1. The molecular formula is C13H19FN3O9P. The van der Waals surface area contributed by atoms with Gasteiger partial charge in [0.25, 0.3) is 5.56 Å². The quantitative estimate of drug-likeness (QED) is 0.422. The maximum Gasteiger partial charge on any atom is 0.408 e. The zero-order valence-corrected chi connectivity index (χ0v) is 15.4. The summed E-state index contributed by atoms with van der Waals surface area (Å²) in [6.07, 6.45) is -4.67. The number of hydrogen-bond donors (Lipinski definition) is 4. The van der Waals surface area contributed by atoms with Crippen LogP contribution in [-0.4, -0.2) is 56.9 Å². The van der Waals surface area contributed by atoms with Gasteiger partial charge >= 0.3 is 19.4 Å². The minimum absolute atomic E-state index is 0.680. The lowest BCUT2D eigenvalue weighted by molar-refractivity contribution is -0.140. The minimum Gasteiger partial charge on any atom is -0.480 e. The van der Waals surface area contributed by atoms with Crippen molar-refractivity contribution >= 4 is 13.7 Å². The van der Waals surface area contributed by atoms with Gasteiger partial charge in [-0.2, -0.15) is 0 Å². The van der Waals surface area contributed by atoms with Crippen LogP contribution >= 0.6 is 7.75 Å². The lowest BCUT2D eigenvalue weighted by atomic mass is 10.0. The summed E-state index contributed by atoms with van der Waals surface area (Å²) in [6.45, 7) is 2.07. The molecule has 0 amide bonds. The van der Waals surface area contributed by atoms with E-state index in [1.54, 1.807) is 0 Å². The molecule has 12 nitrogen and oxygen atoms in total. The van der Waals surface area contributed by atoms with Gasteiger partial charge in [0.1, 0.15) is 12.1 Å². The Kier molecular flexibility index (Phi) is 6.04. The number of aromatic nitrogens is 2. The molecule has 1 aliphatic rings. The highest BCUT2D eigenvalue weighted by Gasteiger charge is 2.57. The van der Waals surface area contributed by atoms with Gasteiger partial charge < -0.3 is 19.5 Å². The molecule has 152 valence electrons. The third kappa shape index (κ3) is 4.34. The van der Waals surface area contributed by atoms with Crippen LogP contribution in [0.25, 0.3) is 0 Å². The Labute approximate surface area is 151 Å². The van der Waals surface area contributed by atoms with Gasteiger partial charge in [0.15, 0.2) is 18.2 Å². The number of hydrogen-bond acceptors (Lipinski definition) is 8. The van der Waals surface area contributed by atoms with Crippen LogP contribution < -0.4 is 16.3 Å². The molecule has 1 fully saturated rings. The van der Waals surface area contributed by atoms with Crippen LogP contribution in [0.5, 0.6) is 0 Å². The average Bonchev–Trinajstić information content (AvgIpc) is 2.78. The number of aliphatic hydroxyl groups is 1. The van der Waals surface area contributed by atoms with Crippen molar-refractivity contribution < 1.29 is 37.7 Å². The molecule has 27 heavy (non-hydrogen) atoms. The first kappa shape index (κ1) is 21.4. The smallest absolute Gasteiger partial charge is 0.408 e. The molecule has 0 bridgehead atoms. The Morgan fingerprint density at radius 3 is 2.70 bits per heavy atom. The molecule has 2 heterocycles. The van der Waals surface area contributed by atoms with Crippen LogP contribution in [0.4, 0.5) is 4.39 Å². The maximum absolute atomic E-state index is 15.0. The predicted octanol–water partition coefficient (Wildman–Crippen LogP) is -0.686. The molecule has 1 aromatic rings. The lowest BCUT2D eigenvalue weighted by Gasteiger charge is -2.25. The molecule has 6 atom stereocenters. The lowest BCUT2D eigenvalue weighted by Crippen LogP contribution is -2.43. The van der Waals surface area contributed by atoms with Gasteiger partial charge in [-0.05, 0) is 13.8 Å². The van der Waals surface area contributed by atoms with E-state index in [1.807, 2.05) is 4.98 Å². The number of carboxylic acids is 1. The first-order valence-electron chi connectivity index (χ1n) is 7.60. The van der Waals surface area contributed by atoms with Crippen LogP contribution in [0, 0.1) is 0 Å². The van der Waals surface area contributed by atoms with Gasteiger partial charge in [0.05, 0.1) is 0 Å². The van der Waals surface area contributed by atoms with E-state index in [4.69, 9.17) is 14.4 Å². The number of aromatic amines is 1. The van der Waals surface area contributed by atoms with Crippen molar-refractivity contribution in [2.45, 2.75) is 44.2 Å². The molecule has 0 aromatic carbocycles. The molecule has 0 radical (unpaired) electrons. The van der Waals surface area contributed by atoms with Crippen molar-refractivity contribution in [3.8, 4) is 0 Å². The molecule has 1 aliphatic heterocycles. The summed E-state index contributed by atoms with van der Waals surface area (Å²) in [5, 5.41) is 21.1. The number of rotatable bonds is 7. The second-order valence-corrected chi connectivity index (χ2v) is 7.77. The van der Waals surface area contributed by atoms with Crippen molar-refractivity contribution in [1.82, 2.24) is 14.6 Å². The van der Waals surface area contributed by atoms with E-state index in [9.17, 15) is 24.1 Å². The summed E-state index contributed by atoms with van der Waals surface area (Å²) in [5.41, 5.74) is -4.32. The Morgan fingerprint density at radius 2 is 2.19 bits per heavy atom. The van der Waals surface area contributed by atoms with Crippen molar-refractivity contribution in [3.63, 3.8) is 0 Å². The molecule has 4 N–H and O–H groups in total. The van der Waals surface area contributed by atoms with Crippen molar-refractivity contribution in [2.75, 3.05) is 7.11 Å². The van der Waals surface area contributed by atoms with Crippen molar-refractivity contribution in [1.29, 1.82) is 0 Å².